The Morgan fingerprint density at radius 2 is 1.97 bits per heavy atom. The molecule has 2 aromatic rings. The Morgan fingerprint density at radius 3 is 2.62 bits per heavy atom. The number of hydrogen-bond donors (Lipinski definition) is 3. The highest BCUT2D eigenvalue weighted by Gasteiger charge is 2.30. The molecule has 0 radical (unpaired) electrons. The van der Waals surface area contributed by atoms with E-state index < -0.39 is 17.7 Å². The minimum atomic E-state index is -0.827. The van der Waals surface area contributed by atoms with Gasteiger partial charge in [0.2, 0.25) is 17.8 Å². The second-order valence-corrected chi connectivity index (χ2v) is 10.8. The molecular weight excluding hydrogens is 504 g/mol. The lowest BCUT2D eigenvalue weighted by Gasteiger charge is -2.24. The smallest absolute Gasteiger partial charge is 0.408 e. The summed E-state index contributed by atoms with van der Waals surface area (Å²) in [4.78, 5) is 54.9. The minimum absolute atomic E-state index is 0.0316. The first kappa shape index (κ1) is 29.7. The highest BCUT2D eigenvalue weighted by atomic mass is 16.6. The summed E-state index contributed by atoms with van der Waals surface area (Å²) in [6.07, 6.45) is 1.66. The van der Waals surface area contributed by atoms with Crippen LogP contribution in [0.2, 0.25) is 0 Å². The molecule has 0 saturated carbocycles. The molecule has 1 aliphatic rings. The van der Waals surface area contributed by atoms with E-state index >= 15 is 0 Å². The summed E-state index contributed by atoms with van der Waals surface area (Å²) >= 11 is 0. The van der Waals surface area contributed by atoms with E-state index in [1.165, 1.54) is 14.0 Å². The number of ether oxygens (including phenoxy) is 2. The first-order valence-corrected chi connectivity index (χ1v) is 13.2. The van der Waals surface area contributed by atoms with Gasteiger partial charge in [0, 0.05) is 39.0 Å². The van der Waals surface area contributed by atoms with Crippen molar-refractivity contribution in [3.63, 3.8) is 0 Å². The number of imidazole rings is 1. The van der Waals surface area contributed by atoms with Crippen molar-refractivity contribution in [1.29, 1.82) is 0 Å². The van der Waals surface area contributed by atoms with Crippen LogP contribution in [0, 0.1) is 0 Å². The molecule has 39 heavy (non-hydrogen) atoms. The molecule has 4 N–H and O–H groups in total. The molecule has 2 heterocycles. The topological polar surface area (TPSA) is 158 Å². The van der Waals surface area contributed by atoms with Gasteiger partial charge in [-0.1, -0.05) is 6.07 Å². The lowest BCUT2D eigenvalue weighted by atomic mass is 10.1. The fourth-order valence-corrected chi connectivity index (χ4v) is 4.57. The second kappa shape index (κ2) is 12.8. The van der Waals surface area contributed by atoms with Gasteiger partial charge < -0.3 is 35.3 Å². The van der Waals surface area contributed by atoms with Gasteiger partial charge in [-0.3, -0.25) is 14.4 Å². The number of aryl methyl sites for hydroxylation is 2. The van der Waals surface area contributed by atoms with Gasteiger partial charge in [-0.25, -0.2) is 9.78 Å². The summed E-state index contributed by atoms with van der Waals surface area (Å²) in [5.74, 6) is -0.291. The Kier molecular flexibility index (Phi) is 9.76. The van der Waals surface area contributed by atoms with Gasteiger partial charge >= 0.3 is 12.1 Å². The third-order valence-electron chi connectivity index (χ3n) is 6.55. The number of methoxy groups -OCH3 is 1. The maximum Gasteiger partial charge on any atom is 0.408 e. The van der Waals surface area contributed by atoms with Crippen LogP contribution in [-0.4, -0.2) is 76.2 Å². The number of amides is 3. The maximum absolute atomic E-state index is 13.2. The Morgan fingerprint density at radius 1 is 1.23 bits per heavy atom. The number of fused-ring (bicyclic) bond motifs is 1. The average molecular weight is 545 g/mol. The average Bonchev–Trinajstić information content (AvgIpc) is 3.44. The number of hydrogen-bond acceptors (Lipinski definition) is 8. The van der Waals surface area contributed by atoms with Crippen molar-refractivity contribution in [3.05, 3.63) is 23.8 Å². The van der Waals surface area contributed by atoms with E-state index in [0.717, 1.165) is 11.1 Å². The van der Waals surface area contributed by atoms with E-state index in [4.69, 9.17) is 15.2 Å². The van der Waals surface area contributed by atoms with Crippen molar-refractivity contribution < 1.29 is 28.7 Å². The van der Waals surface area contributed by atoms with E-state index in [-0.39, 0.29) is 30.2 Å². The maximum atomic E-state index is 13.2. The second-order valence-electron chi connectivity index (χ2n) is 10.8. The van der Waals surface area contributed by atoms with Crippen LogP contribution in [-0.2, 0) is 36.8 Å². The summed E-state index contributed by atoms with van der Waals surface area (Å²) in [5, 5.41) is 5.67. The van der Waals surface area contributed by atoms with E-state index in [0.29, 0.717) is 56.8 Å². The molecule has 0 aliphatic carbocycles. The van der Waals surface area contributed by atoms with Gasteiger partial charge in [-0.05, 0) is 64.2 Å². The van der Waals surface area contributed by atoms with Crippen molar-refractivity contribution >= 4 is 40.9 Å². The third-order valence-corrected chi connectivity index (χ3v) is 6.55. The zero-order valence-corrected chi connectivity index (χ0v) is 23.4. The zero-order valence-electron chi connectivity index (χ0n) is 23.4. The molecular formula is C27H40N6O6. The Labute approximate surface area is 228 Å². The number of alkyl carbamates (subject to hydrolysis) is 1. The van der Waals surface area contributed by atoms with Gasteiger partial charge in [0.1, 0.15) is 11.6 Å². The van der Waals surface area contributed by atoms with E-state index in [2.05, 4.69) is 15.6 Å². The standard InChI is InChI=1S/C27H40N6O6/c1-17(34)32-14-12-19(16-32)29-24(36)20(31-26(37)39-27(2,3)4)7-6-13-33-22-10-8-18(9-11-23(35)38-5)15-21(22)30-25(33)28/h8,10,15,19-20H,6-7,9,11-14,16H2,1-5H3,(H2,28,30)(H,29,36)(H,31,37)/t19-,20+/m1/s1. The van der Waals surface area contributed by atoms with Gasteiger partial charge in [0.15, 0.2) is 0 Å². The molecule has 2 atom stereocenters. The highest BCUT2D eigenvalue weighted by Crippen LogP contribution is 2.21. The molecule has 1 aromatic carbocycles. The number of benzene rings is 1. The molecule has 3 amide bonds. The lowest BCUT2D eigenvalue weighted by Crippen LogP contribution is -2.51. The first-order valence-electron chi connectivity index (χ1n) is 13.2. The number of nitrogens with zero attached hydrogens (tertiary/aromatic N) is 3. The number of nitrogen functional groups attached to an aromatic ring is 1. The van der Waals surface area contributed by atoms with Crippen LogP contribution in [0.25, 0.3) is 11.0 Å². The van der Waals surface area contributed by atoms with Crippen LogP contribution >= 0.6 is 0 Å². The normalized spacial score (nSPS) is 16.1. The summed E-state index contributed by atoms with van der Waals surface area (Å²) in [6.45, 7) is 8.27. The van der Waals surface area contributed by atoms with Crippen molar-refractivity contribution in [2.75, 3.05) is 25.9 Å². The fourth-order valence-electron chi connectivity index (χ4n) is 4.57. The number of nitrogens with one attached hydrogen (secondary N) is 2. The van der Waals surface area contributed by atoms with Gasteiger partial charge in [-0.2, -0.15) is 0 Å². The molecule has 1 saturated heterocycles. The predicted molar refractivity (Wildman–Crippen MR) is 146 cm³/mol. The van der Waals surface area contributed by atoms with Gasteiger partial charge in [0.25, 0.3) is 0 Å². The number of carbonyl (C=O) groups excluding carboxylic acids is 4. The monoisotopic (exact) mass is 544 g/mol. The Bertz CT molecular complexity index is 1200. The van der Waals surface area contributed by atoms with Crippen molar-refractivity contribution in [1.82, 2.24) is 25.1 Å². The van der Waals surface area contributed by atoms with E-state index in [9.17, 15) is 19.2 Å². The quantitative estimate of drug-likeness (QED) is 0.384. The van der Waals surface area contributed by atoms with Crippen LogP contribution in [0.1, 0.15) is 58.9 Å². The molecule has 0 spiro atoms. The minimum Gasteiger partial charge on any atom is -0.469 e. The zero-order chi connectivity index (χ0) is 28.7. The highest BCUT2D eigenvalue weighted by molar-refractivity contribution is 5.86. The molecule has 1 aromatic heterocycles. The number of anilines is 1. The predicted octanol–water partition coefficient (Wildman–Crippen LogP) is 2.13. The lowest BCUT2D eigenvalue weighted by molar-refractivity contribution is -0.140. The summed E-state index contributed by atoms with van der Waals surface area (Å²) in [7, 11) is 1.36. The Hall–Kier alpha value is -3.83. The largest absolute Gasteiger partial charge is 0.469 e. The van der Waals surface area contributed by atoms with Gasteiger partial charge in [0.05, 0.1) is 18.1 Å². The van der Waals surface area contributed by atoms with Crippen molar-refractivity contribution in [3.8, 4) is 0 Å². The SMILES string of the molecule is COC(=O)CCc1ccc2c(c1)nc(N)n2CCC[C@H](NC(=O)OC(C)(C)C)C(=O)N[C@@H]1CCN(C(C)=O)C1. The molecule has 1 aliphatic heterocycles. The van der Waals surface area contributed by atoms with Crippen molar-refractivity contribution in [2.24, 2.45) is 0 Å². The molecule has 12 nitrogen and oxygen atoms in total. The third kappa shape index (κ3) is 8.59. The molecule has 214 valence electrons. The van der Waals surface area contributed by atoms with Crippen LogP contribution in [0.3, 0.4) is 0 Å². The Balaban J connectivity index is 1.66. The number of rotatable bonds is 10. The van der Waals surface area contributed by atoms with Gasteiger partial charge in [-0.15, -0.1) is 0 Å². The molecule has 3 rings (SSSR count). The molecule has 0 unspecified atom stereocenters. The summed E-state index contributed by atoms with van der Waals surface area (Å²) in [5.41, 5.74) is 7.99. The first-order chi connectivity index (χ1) is 18.4. The van der Waals surface area contributed by atoms with Crippen LogP contribution < -0.4 is 16.4 Å². The van der Waals surface area contributed by atoms with E-state index in [1.807, 2.05) is 22.8 Å². The van der Waals surface area contributed by atoms with Crippen LogP contribution in [0.5, 0.6) is 0 Å². The molecule has 0 bridgehead atoms. The number of likely N-dealkylation sites (tertiary alicyclic amines) is 1. The number of nitrogens with two attached hydrogens (primary N) is 1. The summed E-state index contributed by atoms with van der Waals surface area (Å²) < 4.78 is 11.9. The molecule has 12 heteroatoms. The number of carbonyl (C=O) groups is 4. The number of aromatic nitrogens is 2. The summed E-state index contributed by atoms with van der Waals surface area (Å²) in [6, 6.07) is 4.74. The van der Waals surface area contributed by atoms with E-state index in [1.54, 1.807) is 25.7 Å². The van der Waals surface area contributed by atoms with Crippen LogP contribution in [0.15, 0.2) is 18.2 Å². The fraction of sp³-hybridized carbons (Fsp3) is 0.593. The molecule has 1 fully saturated rings. The van der Waals surface area contributed by atoms with Crippen LogP contribution in [0.4, 0.5) is 10.7 Å². The number of esters is 1. The van der Waals surface area contributed by atoms with Crippen molar-refractivity contribution in [2.45, 2.75) is 84.0 Å².